The minimum atomic E-state index is -3.99. The molecule has 1 aromatic heterocycles. The number of rotatable bonds is 7. The molecule has 7 heteroatoms. The summed E-state index contributed by atoms with van der Waals surface area (Å²) in [4.78, 5) is 17.7. The Bertz CT molecular complexity index is 1020. The van der Waals surface area contributed by atoms with Crippen molar-refractivity contribution in [2.45, 2.75) is 70.4 Å². The molecule has 1 N–H and O–H groups in total. The van der Waals surface area contributed by atoms with Crippen molar-refractivity contribution in [3.8, 4) is 0 Å². The van der Waals surface area contributed by atoms with Crippen LogP contribution in [-0.2, 0) is 20.2 Å². The zero-order chi connectivity index (χ0) is 23.4. The number of aromatic nitrogens is 1. The summed E-state index contributed by atoms with van der Waals surface area (Å²) >= 11 is 0. The number of carbonyl (C=O) groups excluding carboxylic acids is 1. The number of amides is 1. The molecule has 32 heavy (non-hydrogen) atoms. The van der Waals surface area contributed by atoms with Gasteiger partial charge in [-0.2, -0.15) is 0 Å². The molecule has 1 aliphatic carbocycles. The van der Waals surface area contributed by atoms with Gasteiger partial charge >= 0.3 is 0 Å². The second-order valence-electron chi connectivity index (χ2n) is 9.34. The maximum absolute atomic E-state index is 13.5. The molecule has 0 aliphatic heterocycles. The molecule has 0 bridgehead atoms. The quantitative estimate of drug-likeness (QED) is 0.647. The van der Waals surface area contributed by atoms with Gasteiger partial charge in [-0.3, -0.25) is 9.78 Å². The molecule has 0 spiro atoms. The zero-order valence-corrected chi connectivity index (χ0v) is 19.9. The smallest absolute Gasteiger partial charge is 0.257 e. The normalized spacial score (nSPS) is 16.2. The number of hydrogen-bond donors (Lipinski definition) is 1. The Morgan fingerprint density at radius 2 is 1.81 bits per heavy atom. The van der Waals surface area contributed by atoms with Crippen LogP contribution in [0.2, 0.25) is 0 Å². The van der Waals surface area contributed by atoms with Crippen molar-refractivity contribution in [2.24, 2.45) is 0 Å². The molecule has 1 aliphatic rings. The van der Waals surface area contributed by atoms with E-state index in [9.17, 15) is 13.2 Å². The van der Waals surface area contributed by atoms with Gasteiger partial charge in [-0.05, 0) is 42.0 Å². The fourth-order valence-electron chi connectivity index (χ4n) is 4.09. The summed E-state index contributed by atoms with van der Waals surface area (Å²) in [6, 6.07) is 9.70. The van der Waals surface area contributed by atoms with Gasteiger partial charge in [0.2, 0.25) is 5.91 Å². The average Bonchev–Trinajstić information content (AvgIpc) is 2.78. The number of nitrogens with zero attached hydrogens (tertiary/aromatic N) is 2. The van der Waals surface area contributed by atoms with E-state index < -0.39 is 16.1 Å². The van der Waals surface area contributed by atoms with Crippen molar-refractivity contribution in [3.63, 3.8) is 0 Å². The number of carbonyl (C=O) groups is 1. The monoisotopic (exact) mass is 455 g/mol. The molecule has 172 valence electrons. The first-order valence-electron chi connectivity index (χ1n) is 11.1. The number of pyridine rings is 1. The van der Waals surface area contributed by atoms with E-state index in [0.29, 0.717) is 11.3 Å². The van der Waals surface area contributed by atoms with Crippen molar-refractivity contribution in [2.75, 3.05) is 4.31 Å². The Hall–Kier alpha value is -2.67. The lowest BCUT2D eigenvalue weighted by atomic mass is 9.87. The maximum atomic E-state index is 13.5. The summed E-state index contributed by atoms with van der Waals surface area (Å²) in [6.07, 6.45) is 8.23. The lowest BCUT2D eigenvalue weighted by Crippen LogP contribution is -2.46. The van der Waals surface area contributed by atoms with Crippen LogP contribution in [0.1, 0.15) is 70.0 Å². The van der Waals surface area contributed by atoms with E-state index in [1.165, 1.54) is 0 Å². The van der Waals surface area contributed by atoms with Crippen molar-refractivity contribution >= 4 is 21.6 Å². The standard InChI is InChI=1S/C25H33N3O3S/c1-5-32(30,31)28(22-15-13-20(14-16-22)25(2,3)4)23(19-10-9-17-26-18-19)24(29)27-21-11-7-6-8-12-21/h5,9-10,13-18,21,23H,1,6-8,11-12H2,2-4H3,(H,27,29). The number of sulfonamides is 1. The topological polar surface area (TPSA) is 79.4 Å². The first-order chi connectivity index (χ1) is 15.1. The lowest BCUT2D eigenvalue weighted by Gasteiger charge is -2.33. The largest absolute Gasteiger partial charge is 0.351 e. The molecule has 1 unspecified atom stereocenters. The van der Waals surface area contributed by atoms with Crippen LogP contribution in [0.3, 0.4) is 0 Å². The van der Waals surface area contributed by atoms with Crippen LogP contribution in [0, 0.1) is 0 Å². The molecule has 0 saturated heterocycles. The Morgan fingerprint density at radius 1 is 1.16 bits per heavy atom. The van der Waals surface area contributed by atoms with Gasteiger partial charge in [-0.1, -0.05) is 64.8 Å². The molecule has 1 amide bonds. The second kappa shape index (κ2) is 9.86. The molecule has 1 aromatic carbocycles. The van der Waals surface area contributed by atoms with Crippen LogP contribution >= 0.6 is 0 Å². The molecule has 1 atom stereocenters. The number of hydrogen-bond acceptors (Lipinski definition) is 4. The van der Waals surface area contributed by atoms with Crippen molar-refractivity contribution in [1.82, 2.24) is 10.3 Å². The number of nitrogens with one attached hydrogen (secondary N) is 1. The summed E-state index contributed by atoms with van der Waals surface area (Å²) in [5.41, 5.74) is 1.90. The van der Waals surface area contributed by atoms with E-state index in [2.05, 4.69) is 37.7 Å². The third-order valence-corrected chi connectivity index (χ3v) is 7.30. The minimum absolute atomic E-state index is 0.0481. The van der Waals surface area contributed by atoms with E-state index in [-0.39, 0.29) is 17.4 Å². The van der Waals surface area contributed by atoms with E-state index in [0.717, 1.165) is 47.4 Å². The van der Waals surface area contributed by atoms with Crippen LogP contribution < -0.4 is 9.62 Å². The molecule has 1 heterocycles. The van der Waals surface area contributed by atoms with Crippen LogP contribution in [0.15, 0.2) is 60.8 Å². The van der Waals surface area contributed by atoms with Crippen LogP contribution in [0.25, 0.3) is 0 Å². The highest BCUT2D eigenvalue weighted by molar-refractivity contribution is 7.95. The highest BCUT2D eigenvalue weighted by Gasteiger charge is 2.36. The molecule has 3 rings (SSSR count). The maximum Gasteiger partial charge on any atom is 0.257 e. The Morgan fingerprint density at radius 3 is 2.34 bits per heavy atom. The summed E-state index contributed by atoms with van der Waals surface area (Å²) in [5, 5.41) is 3.98. The second-order valence-corrected chi connectivity index (χ2v) is 11.1. The van der Waals surface area contributed by atoms with Gasteiger partial charge in [-0.25, -0.2) is 12.7 Å². The summed E-state index contributed by atoms with van der Waals surface area (Å²) in [7, 11) is -3.99. The molecular formula is C25H33N3O3S. The Labute approximate surface area is 191 Å². The fourth-order valence-corrected chi connectivity index (χ4v) is 5.18. The lowest BCUT2D eigenvalue weighted by molar-refractivity contribution is -0.123. The van der Waals surface area contributed by atoms with Crippen LogP contribution in [-0.4, -0.2) is 25.4 Å². The fraction of sp³-hybridized carbons (Fsp3) is 0.440. The number of benzene rings is 1. The third-order valence-electron chi connectivity index (χ3n) is 5.91. The third kappa shape index (κ3) is 5.57. The van der Waals surface area contributed by atoms with E-state index in [1.807, 2.05) is 12.1 Å². The highest BCUT2D eigenvalue weighted by atomic mass is 32.2. The Balaban J connectivity index is 2.07. The summed E-state index contributed by atoms with van der Waals surface area (Å²) in [5.74, 6) is -0.352. The molecule has 1 saturated carbocycles. The minimum Gasteiger partial charge on any atom is -0.351 e. The molecule has 0 radical (unpaired) electrons. The van der Waals surface area contributed by atoms with Gasteiger partial charge in [-0.15, -0.1) is 0 Å². The van der Waals surface area contributed by atoms with Gasteiger partial charge in [0.25, 0.3) is 10.0 Å². The molecule has 2 aromatic rings. The Kier molecular flexibility index (Phi) is 7.39. The van der Waals surface area contributed by atoms with E-state index >= 15 is 0 Å². The first kappa shape index (κ1) is 24.0. The predicted molar refractivity (Wildman–Crippen MR) is 129 cm³/mol. The average molecular weight is 456 g/mol. The van der Waals surface area contributed by atoms with Crippen LogP contribution in [0.4, 0.5) is 5.69 Å². The van der Waals surface area contributed by atoms with Gasteiger partial charge in [0.15, 0.2) is 6.04 Å². The molecular weight excluding hydrogens is 422 g/mol. The van der Waals surface area contributed by atoms with Gasteiger partial charge in [0.1, 0.15) is 0 Å². The summed E-state index contributed by atoms with van der Waals surface area (Å²) < 4.78 is 27.6. The van der Waals surface area contributed by atoms with E-state index in [4.69, 9.17) is 0 Å². The van der Waals surface area contributed by atoms with Gasteiger partial charge < -0.3 is 5.32 Å². The van der Waals surface area contributed by atoms with Crippen LogP contribution in [0.5, 0.6) is 0 Å². The highest BCUT2D eigenvalue weighted by Crippen LogP contribution is 2.33. The van der Waals surface area contributed by atoms with Gasteiger partial charge in [0, 0.05) is 29.4 Å². The predicted octanol–water partition coefficient (Wildman–Crippen LogP) is 4.85. The van der Waals surface area contributed by atoms with Gasteiger partial charge in [0.05, 0.1) is 5.69 Å². The summed E-state index contributed by atoms with van der Waals surface area (Å²) in [6.45, 7) is 9.79. The zero-order valence-electron chi connectivity index (χ0n) is 19.1. The molecule has 6 nitrogen and oxygen atoms in total. The molecule has 1 fully saturated rings. The van der Waals surface area contributed by atoms with Crippen molar-refractivity contribution in [1.29, 1.82) is 0 Å². The SMILES string of the molecule is C=CS(=O)(=O)N(c1ccc(C(C)(C)C)cc1)C(C(=O)NC1CCCCC1)c1cccnc1. The first-order valence-corrected chi connectivity index (χ1v) is 12.6. The van der Waals surface area contributed by atoms with Crippen molar-refractivity contribution in [3.05, 3.63) is 71.9 Å². The van der Waals surface area contributed by atoms with Crippen molar-refractivity contribution < 1.29 is 13.2 Å². The van der Waals surface area contributed by atoms with E-state index in [1.54, 1.807) is 36.7 Å². The number of anilines is 1.